The van der Waals surface area contributed by atoms with Crippen molar-refractivity contribution >= 4 is 17.4 Å². The van der Waals surface area contributed by atoms with Gasteiger partial charge in [0.25, 0.3) is 0 Å². The Morgan fingerprint density at radius 2 is 1.94 bits per heavy atom. The third-order valence-electron chi connectivity index (χ3n) is 6.46. The van der Waals surface area contributed by atoms with Crippen molar-refractivity contribution in [1.82, 2.24) is 19.8 Å². The molecule has 0 aliphatic carbocycles. The van der Waals surface area contributed by atoms with Crippen LogP contribution in [0.4, 0.5) is 11.5 Å². The van der Waals surface area contributed by atoms with E-state index in [9.17, 15) is 4.79 Å². The van der Waals surface area contributed by atoms with Crippen molar-refractivity contribution < 1.29 is 4.79 Å². The van der Waals surface area contributed by atoms with Crippen LogP contribution in [0.2, 0.25) is 0 Å². The van der Waals surface area contributed by atoms with Gasteiger partial charge in [0.1, 0.15) is 11.6 Å². The van der Waals surface area contributed by atoms with E-state index in [0.717, 1.165) is 56.4 Å². The molecule has 2 aromatic rings. The Bertz CT molecular complexity index is 911. The van der Waals surface area contributed by atoms with Crippen LogP contribution in [0.5, 0.6) is 0 Å². The minimum atomic E-state index is 0.0344. The van der Waals surface area contributed by atoms with E-state index in [1.807, 2.05) is 13.1 Å². The van der Waals surface area contributed by atoms with Gasteiger partial charge in [-0.25, -0.2) is 9.97 Å². The first-order valence-electron chi connectivity index (χ1n) is 11.4. The van der Waals surface area contributed by atoms with Gasteiger partial charge in [-0.05, 0) is 43.9 Å². The fraction of sp³-hybridized carbons (Fsp3) is 0.542. The van der Waals surface area contributed by atoms with Gasteiger partial charge in [0.05, 0.1) is 18.3 Å². The zero-order valence-corrected chi connectivity index (χ0v) is 19.0. The monoisotopic (exact) mass is 422 g/mol. The lowest BCUT2D eigenvalue weighted by Gasteiger charge is -2.27. The highest BCUT2D eigenvalue weighted by molar-refractivity contribution is 5.72. The van der Waals surface area contributed by atoms with Crippen LogP contribution in [0.25, 0.3) is 0 Å². The molecule has 2 fully saturated rings. The molecule has 1 aromatic carbocycles. The predicted octanol–water partition coefficient (Wildman–Crippen LogP) is 3.43. The molecular formula is C24H34N6O. The van der Waals surface area contributed by atoms with E-state index >= 15 is 0 Å². The van der Waals surface area contributed by atoms with Crippen molar-refractivity contribution in [1.29, 1.82) is 0 Å². The second-order valence-corrected chi connectivity index (χ2v) is 8.68. The van der Waals surface area contributed by atoms with Crippen molar-refractivity contribution in [2.24, 2.45) is 0 Å². The number of rotatable bonds is 7. The number of para-hydroxylation sites is 1. The number of amides is 1. The Labute approximate surface area is 185 Å². The van der Waals surface area contributed by atoms with Gasteiger partial charge < -0.3 is 15.1 Å². The number of carbonyl (C=O) groups is 1. The molecule has 7 nitrogen and oxygen atoms in total. The topological polar surface area (TPSA) is 64.6 Å². The standard InChI is InChI=1S/C24H34N6O/c1-18(31)28(3)17-20-15-23(25-2)27-24(26-20)22-11-8-14-30(22)16-19-9-4-5-10-21(19)29-12-6-7-13-29/h4-5,9-10,15,22H,6-8,11-14,16-17H2,1-3H3,(H,25,26,27)/t22-/m0/s1. The molecule has 1 amide bonds. The fourth-order valence-electron chi connectivity index (χ4n) is 4.67. The maximum Gasteiger partial charge on any atom is 0.219 e. The van der Waals surface area contributed by atoms with Gasteiger partial charge in [-0.2, -0.15) is 0 Å². The second kappa shape index (κ2) is 9.64. The Balaban J connectivity index is 1.57. The summed E-state index contributed by atoms with van der Waals surface area (Å²) in [6.45, 7) is 6.34. The highest BCUT2D eigenvalue weighted by atomic mass is 16.2. The molecule has 4 rings (SSSR count). The number of likely N-dealkylation sites (tertiary alicyclic amines) is 1. The van der Waals surface area contributed by atoms with Crippen LogP contribution >= 0.6 is 0 Å². The zero-order chi connectivity index (χ0) is 21.8. The summed E-state index contributed by atoms with van der Waals surface area (Å²) in [6, 6.07) is 11.0. The molecule has 2 saturated heterocycles. The van der Waals surface area contributed by atoms with Gasteiger partial charge in [0.2, 0.25) is 5.91 Å². The molecule has 1 N–H and O–H groups in total. The Kier molecular flexibility index (Phi) is 6.70. The van der Waals surface area contributed by atoms with Gasteiger partial charge in [-0.3, -0.25) is 9.69 Å². The molecule has 1 atom stereocenters. The number of hydrogen-bond donors (Lipinski definition) is 1. The number of aromatic nitrogens is 2. The first kappa shape index (κ1) is 21.6. The lowest BCUT2D eigenvalue weighted by molar-refractivity contribution is -0.128. The average molecular weight is 423 g/mol. The van der Waals surface area contributed by atoms with E-state index in [1.54, 1.807) is 18.9 Å². The van der Waals surface area contributed by atoms with Crippen LogP contribution in [0, 0.1) is 0 Å². The van der Waals surface area contributed by atoms with Crippen molar-refractivity contribution in [3.63, 3.8) is 0 Å². The van der Waals surface area contributed by atoms with Crippen LogP contribution in [0.1, 0.15) is 55.7 Å². The molecule has 166 valence electrons. The summed E-state index contributed by atoms with van der Waals surface area (Å²) in [5.41, 5.74) is 3.63. The maximum absolute atomic E-state index is 11.7. The number of anilines is 2. The summed E-state index contributed by atoms with van der Waals surface area (Å²) in [4.78, 5) is 28.1. The number of carbonyl (C=O) groups excluding carboxylic acids is 1. The van der Waals surface area contributed by atoms with Crippen LogP contribution in [-0.4, -0.2) is 59.4 Å². The van der Waals surface area contributed by atoms with Crippen LogP contribution in [-0.2, 0) is 17.9 Å². The number of nitrogens with one attached hydrogen (secondary N) is 1. The highest BCUT2D eigenvalue weighted by Crippen LogP contribution is 2.34. The average Bonchev–Trinajstić information content (AvgIpc) is 3.46. The number of benzene rings is 1. The third-order valence-corrected chi connectivity index (χ3v) is 6.46. The Morgan fingerprint density at radius 1 is 1.16 bits per heavy atom. The first-order chi connectivity index (χ1) is 15.0. The summed E-state index contributed by atoms with van der Waals surface area (Å²) in [6.07, 6.45) is 4.76. The lowest BCUT2D eigenvalue weighted by Crippen LogP contribution is -2.28. The highest BCUT2D eigenvalue weighted by Gasteiger charge is 2.30. The van der Waals surface area contributed by atoms with Gasteiger partial charge >= 0.3 is 0 Å². The van der Waals surface area contributed by atoms with Crippen LogP contribution in [0.15, 0.2) is 30.3 Å². The fourth-order valence-corrected chi connectivity index (χ4v) is 4.67. The summed E-state index contributed by atoms with van der Waals surface area (Å²) in [7, 11) is 3.68. The molecular weight excluding hydrogens is 388 g/mol. The van der Waals surface area contributed by atoms with E-state index in [2.05, 4.69) is 39.4 Å². The normalized spacial score (nSPS) is 19.1. The van der Waals surface area contributed by atoms with E-state index in [4.69, 9.17) is 9.97 Å². The van der Waals surface area contributed by atoms with E-state index in [0.29, 0.717) is 6.54 Å². The molecule has 31 heavy (non-hydrogen) atoms. The largest absolute Gasteiger partial charge is 0.373 e. The van der Waals surface area contributed by atoms with E-state index < -0.39 is 0 Å². The van der Waals surface area contributed by atoms with Crippen molar-refractivity contribution in [3.8, 4) is 0 Å². The van der Waals surface area contributed by atoms with Crippen LogP contribution < -0.4 is 10.2 Å². The second-order valence-electron chi connectivity index (χ2n) is 8.68. The van der Waals surface area contributed by atoms with E-state index in [1.165, 1.54) is 24.1 Å². The molecule has 0 saturated carbocycles. The SMILES string of the molecule is CNc1cc(CN(C)C(C)=O)nc([C@@H]2CCCN2Cc2ccccc2N2CCCC2)n1. The van der Waals surface area contributed by atoms with Gasteiger partial charge in [0, 0.05) is 52.4 Å². The minimum Gasteiger partial charge on any atom is -0.373 e. The third kappa shape index (κ3) is 4.98. The maximum atomic E-state index is 11.7. The smallest absolute Gasteiger partial charge is 0.219 e. The summed E-state index contributed by atoms with van der Waals surface area (Å²) < 4.78 is 0. The molecule has 3 heterocycles. The summed E-state index contributed by atoms with van der Waals surface area (Å²) in [5, 5.41) is 3.16. The summed E-state index contributed by atoms with van der Waals surface area (Å²) in [5.74, 6) is 1.70. The molecule has 0 spiro atoms. The Hall–Kier alpha value is -2.67. The minimum absolute atomic E-state index is 0.0344. The molecule has 0 radical (unpaired) electrons. The van der Waals surface area contributed by atoms with Crippen molar-refractivity contribution in [3.05, 3.63) is 47.4 Å². The number of hydrogen-bond acceptors (Lipinski definition) is 6. The molecule has 0 unspecified atom stereocenters. The van der Waals surface area contributed by atoms with Crippen LogP contribution in [0.3, 0.4) is 0 Å². The van der Waals surface area contributed by atoms with E-state index in [-0.39, 0.29) is 11.9 Å². The number of nitrogens with zero attached hydrogens (tertiary/aromatic N) is 5. The molecule has 7 heteroatoms. The van der Waals surface area contributed by atoms with Gasteiger partial charge in [-0.1, -0.05) is 18.2 Å². The lowest BCUT2D eigenvalue weighted by atomic mass is 10.1. The molecule has 2 aliphatic rings. The molecule has 2 aliphatic heterocycles. The van der Waals surface area contributed by atoms with Gasteiger partial charge in [0.15, 0.2) is 0 Å². The van der Waals surface area contributed by atoms with Crippen molar-refractivity contribution in [2.45, 2.75) is 51.7 Å². The zero-order valence-electron chi connectivity index (χ0n) is 19.0. The Morgan fingerprint density at radius 3 is 2.68 bits per heavy atom. The molecule has 1 aromatic heterocycles. The predicted molar refractivity (Wildman–Crippen MR) is 124 cm³/mol. The quantitative estimate of drug-likeness (QED) is 0.738. The van der Waals surface area contributed by atoms with Crippen molar-refractivity contribution in [2.75, 3.05) is 43.9 Å². The molecule has 0 bridgehead atoms. The summed E-state index contributed by atoms with van der Waals surface area (Å²) >= 11 is 0. The first-order valence-corrected chi connectivity index (χ1v) is 11.4. The van der Waals surface area contributed by atoms with Gasteiger partial charge in [-0.15, -0.1) is 0 Å².